The van der Waals surface area contributed by atoms with Crippen molar-refractivity contribution < 1.29 is 19.1 Å². The molecule has 204 valence electrons. The lowest BCUT2D eigenvalue weighted by Crippen LogP contribution is -2.47. The summed E-state index contributed by atoms with van der Waals surface area (Å²) in [4.78, 5) is 32.8. The smallest absolute Gasteiger partial charge is 0.335 e. The first kappa shape index (κ1) is 25.5. The van der Waals surface area contributed by atoms with E-state index in [0.717, 1.165) is 30.7 Å². The zero-order valence-corrected chi connectivity index (χ0v) is 22.7. The van der Waals surface area contributed by atoms with Crippen LogP contribution in [0.1, 0.15) is 46.4 Å². The average Bonchev–Trinajstić information content (AvgIpc) is 3.46. The molecule has 3 aliphatic rings. The minimum Gasteiger partial charge on any atom is -0.478 e. The predicted octanol–water partition coefficient (Wildman–Crippen LogP) is 6.16. The molecule has 1 aliphatic carbocycles. The summed E-state index contributed by atoms with van der Waals surface area (Å²) in [5, 5.41) is 13.0. The number of benzene rings is 3. The molecule has 3 heterocycles. The summed E-state index contributed by atoms with van der Waals surface area (Å²) in [6.45, 7) is 1.29. The third kappa shape index (κ3) is 4.17. The molecule has 0 bridgehead atoms. The molecule has 4 atom stereocenters. The fraction of sp³-hybridized carbons (Fsp3) is 0.300. The first-order valence-corrected chi connectivity index (χ1v) is 14.1. The van der Waals surface area contributed by atoms with Gasteiger partial charge in [-0.1, -0.05) is 41.4 Å². The molecule has 7 nitrogen and oxygen atoms in total. The van der Waals surface area contributed by atoms with E-state index in [9.17, 15) is 14.7 Å². The molecular formula is C30H25Cl2FN4O3. The van der Waals surface area contributed by atoms with E-state index in [0.29, 0.717) is 34.3 Å². The van der Waals surface area contributed by atoms with Crippen molar-refractivity contribution in [2.24, 2.45) is 5.92 Å². The van der Waals surface area contributed by atoms with E-state index >= 15 is 4.39 Å². The average molecular weight is 579 g/mol. The van der Waals surface area contributed by atoms with Gasteiger partial charge >= 0.3 is 5.97 Å². The number of hydrogen-bond donors (Lipinski definition) is 2. The minimum absolute atomic E-state index is 0.00120. The van der Waals surface area contributed by atoms with Crippen molar-refractivity contribution in [1.29, 1.82) is 0 Å². The second kappa shape index (κ2) is 9.58. The molecule has 1 aromatic heterocycles. The molecule has 1 saturated carbocycles. The number of carbonyl (C=O) groups excluding carboxylic acids is 1. The molecule has 3 aromatic carbocycles. The Balaban J connectivity index is 1.38. The van der Waals surface area contributed by atoms with Gasteiger partial charge in [-0.3, -0.25) is 9.69 Å². The van der Waals surface area contributed by atoms with E-state index in [1.165, 1.54) is 6.07 Å². The quantitative estimate of drug-likeness (QED) is 0.286. The first-order valence-electron chi connectivity index (χ1n) is 13.3. The zero-order valence-electron chi connectivity index (χ0n) is 21.2. The van der Waals surface area contributed by atoms with E-state index in [4.69, 9.17) is 28.2 Å². The number of hydrogen-bond acceptors (Lipinski definition) is 4. The van der Waals surface area contributed by atoms with Gasteiger partial charge in [0.25, 0.3) is 0 Å². The summed E-state index contributed by atoms with van der Waals surface area (Å²) in [6.07, 6.45) is 2.19. The second-order valence-electron chi connectivity index (χ2n) is 10.9. The number of halogens is 3. The molecule has 1 amide bonds. The molecule has 4 aromatic rings. The number of nitrogens with zero attached hydrogens (tertiary/aromatic N) is 3. The van der Waals surface area contributed by atoms with E-state index in [1.54, 1.807) is 54.6 Å². The number of aromatic carboxylic acids is 1. The van der Waals surface area contributed by atoms with Crippen molar-refractivity contribution in [2.45, 2.75) is 43.3 Å². The third-order valence-corrected chi connectivity index (χ3v) is 9.01. The van der Waals surface area contributed by atoms with Crippen molar-refractivity contribution in [1.82, 2.24) is 14.5 Å². The SMILES string of the molecule is O=C(O)c1ccc2c(c1)nc1n2C[C@H]2[C@@H]1C(c1cccc(Cl)c1F)C(C(=O)Nc1cccc(Cl)c1)N2CC1CC1. The summed E-state index contributed by atoms with van der Waals surface area (Å²) in [7, 11) is 0. The van der Waals surface area contributed by atoms with Gasteiger partial charge in [0.05, 0.1) is 27.7 Å². The van der Waals surface area contributed by atoms with Gasteiger partial charge < -0.3 is 15.0 Å². The van der Waals surface area contributed by atoms with Crippen LogP contribution in [0.3, 0.4) is 0 Å². The van der Waals surface area contributed by atoms with Gasteiger partial charge in [0.15, 0.2) is 0 Å². The number of amides is 1. The maximum Gasteiger partial charge on any atom is 0.335 e. The van der Waals surface area contributed by atoms with Crippen LogP contribution < -0.4 is 5.32 Å². The maximum absolute atomic E-state index is 15.8. The topological polar surface area (TPSA) is 87.5 Å². The van der Waals surface area contributed by atoms with Gasteiger partial charge in [0.2, 0.25) is 5.91 Å². The highest BCUT2D eigenvalue weighted by Crippen LogP contribution is 2.54. The Bertz CT molecular complexity index is 1690. The Hall–Kier alpha value is -3.46. The highest BCUT2D eigenvalue weighted by atomic mass is 35.5. The van der Waals surface area contributed by atoms with Crippen LogP contribution in [0.15, 0.2) is 60.7 Å². The van der Waals surface area contributed by atoms with Crippen molar-refractivity contribution in [3.63, 3.8) is 0 Å². The van der Waals surface area contributed by atoms with Gasteiger partial charge in [-0.15, -0.1) is 0 Å². The Morgan fingerprint density at radius 2 is 1.85 bits per heavy atom. The highest BCUT2D eigenvalue weighted by molar-refractivity contribution is 6.31. The van der Waals surface area contributed by atoms with Gasteiger partial charge in [0.1, 0.15) is 11.6 Å². The number of carboxylic acid groups (broad SMARTS) is 1. The number of imidazole rings is 1. The Morgan fingerprint density at radius 1 is 1.05 bits per heavy atom. The van der Waals surface area contributed by atoms with Crippen LogP contribution in [0.4, 0.5) is 10.1 Å². The maximum atomic E-state index is 15.8. The minimum atomic E-state index is -1.03. The highest BCUT2D eigenvalue weighted by Gasteiger charge is 2.58. The lowest BCUT2D eigenvalue weighted by molar-refractivity contribution is -0.121. The van der Waals surface area contributed by atoms with E-state index in [1.807, 2.05) is 0 Å². The fourth-order valence-electron chi connectivity index (χ4n) is 6.61. The van der Waals surface area contributed by atoms with Gasteiger partial charge in [0, 0.05) is 41.7 Å². The largest absolute Gasteiger partial charge is 0.478 e. The summed E-state index contributed by atoms with van der Waals surface area (Å²) < 4.78 is 17.9. The van der Waals surface area contributed by atoms with Crippen LogP contribution in [-0.2, 0) is 11.3 Å². The zero-order chi connectivity index (χ0) is 27.7. The Morgan fingerprint density at radius 3 is 2.60 bits per heavy atom. The van der Waals surface area contributed by atoms with E-state index in [2.05, 4.69) is 14.8 Å². The van der Waals surface area contributed by atoms with Crippen molar-refractivity contribution in [2.75, 3.05) is 11.9 Å². The van der Waals surface area contributed by atoms with Gasteiger partial charge in [-0.2, -0.15) is 0 Å². The molecule has 0 spiro atoms. The van der Waals surface area contributed by atoms with Crippen molar-refractivity contribution in [3.05, 3.63) is 93.5 Å². The third-order valence-electron chi connectivity index (χ3n) is 8.48. The van der Waals surface area contributed by atoms with Gasteiger partial charge in [-0.25, -0.2) is 14.2 Å². The van der Waals surface area contributed by atoms with Gasteiger partial charge in [-0.05, 0) is 66.8 Å². The van der Waals surface area contributed by atoms with Crippen LogP contribution in [-0.4, -0.2) is 50.1 Å². The fourth-order valence-corrected chi connectivity index (χ4v) is 6.98. The van der Waals surface area contributed by atoms with Crippen LogP contribution >= 0.6 is 23.2 Å². The van der Waals surface area contributed by atoms with E-state index in [-0.39, 0.29) is 28.5 Å². The molecule has 2 aliphatic heterocycles. The number of carbonyl (C=O) groups is 2. The van der Waals surface area contributed by atoms with Crippen LogP contribution in [0, 0.1) is 11.7 Å². The summed E-state index contributed by atoms with van der Waals surface area (Å²) in [6, 6.07) is 16.0. The van der Waals surface area contributed by atoms with Crippen molar-refractivity contribution in [3.8, 4) is 0 Å². The monoisotopic (exact) mass is 578 g/mol. The molecule has 7 rings (SSSR count). The standard InChI is InChI=1S/C30H25Cl2FN4O3/c31-17-3-1-4-18(12-17)34-29(38)27-24(19-5-2-6-20(32)26(19)33)25-23(36(27)13-15-7-8-15)14-37-22-10-9-16(30(39)40)11-21(22)35-28(25)37/h1-6,9-12,15,23-25,27H,7-8,13-14H2,(H,34,38)(H,39,40)/t23-,24?,25+,27?/m0/s1. The summed E-state index contributed by atoms with van der Waals surface area (Å²) in [5.74, 6) is -1.47. The molecular weight excluding hydrogens is 554 g/mol. The first-order chi connectivity index (χ1) is 19.3. The Labute approximate surface area is 239 Å². The molecule has 2 N–H and O–H groups in total. The number of carboxylic acids is 1. The lowest BCUT2D eigenvalue weighted by atomic mass is 9.81. The summed E-state index contributed by atoms with van der Waals surface area (Å²) >= 11 is 12.5. The summed E-state index contributed by atoms with van der Waals surface area (Å²) in [5.41, 5.74) is 2.49. The van der Waals surface area contributed by atoms with Crippen LogP contribution in [0.2, 0.25) is 10.0 Å². The molecule has 40 heavy (non-hydrogen) atoms. The van der Waals surface area contributed by atoms with E-state index < -0.39 is 23.7 Å². The number of nitrogens with one attached hydrogen (secondary N) is 1. The number of aromatic nitrogens is 2. The molecule has 1 saturated heterocycles. The number of rotatable bonds is 6. The second-order valence-corrected chi connectivity index (χ2v) is 11.8. The Kier molecular flexibility index (Phi) is 6.11. The predicted molar refractivity (Wildman–Crippen MR) is 151 cm³/mol. The molecule has 10 heteroatoms. The normalized spacial score (nSPS) is 23.8. The number of fused-ring (bicyclic) bond motifs is 5. The molecule has 2 unspecified atom stereocenters. The lowest BCUT2D eigenvalue weighted by Gasteiger charge is -2.31. The van der Waals surface area contributed by atoms with Crippen LogP contribution in [0.25, 0.3) is 11.0 Å². The van der Waals surface area contributed by atoms with Crippen LogP contribution in [0.5, 0.6) is 0 Å². The number of likely N-dealkylation sites (tertiary alicyclic amines) is 1. The molecule has 0 radical (unpaired) electrons. The van der Waals surface area contributed by atoms with Crippen molar-refractivity contribution >= 4 is 51.8 Å². The molecule has 2 fully saturated rings. The number of anilines is 1.